The SMILES string of the molecule is COC(=O)COc1ccc(CC(C)NCC(O)c2cc3ccccc3o2)cc1. The van der Waals surface area contributed by atoms with Gasteiger partial charge in [0.1, 0.15) is 23.2 Å². The van der Waals surface area contributed by atoms with Gasteiger partial charge < -0.3 is 24.3 Å². The maximum atomic E-state index is 11.1. The number of furan rings is 1. The number of aliphatic hydroxyl groups is 1. The third-order valence-corrected chi connectivity index (χ3v) is 4.48. The van der Waals surface area contributed by atoms with Crippen LogP contribution < -0.4 is 10.1 Å². The van der Waals surface area contributed by atoms with Gasteiger partial charge >= 0.3 is 5.97 Å². The van der Waals surface area contributed by atoms with Crippen molar-refractivity contribution in [3.63, 3.8) is 0 Å². The summed E-state index contributed by atoms with van der Waals surface area (Å²) < 4.78 is 15.6. The zero-order valence-electron chi connectivity index (χ0n) is 16.1. The minimum atomic E-state index is -0.705. The average Bonchev–Trinajstić information content (AvgIpc) is 3.15. The molecule has 148 valence electrons. The van der Waals surface area contributed by atoms with Crippen LogP contribution >= 0.6 is 0 Å². The van der Waals surface area contributed by atoms with Gasteiger partial charge in [0.05, 0.1) is 7.11 Å². The van der Waals surface area contributed by atoms with Crippen molar-refractivity contribution in [1.82, 2.24) is 5.32 Å². The van der Waals surface area contributed by atoms with E-state index in [1.165, 1.54) is 7.11 Å². The molecule has 1 heterocycles. The van der Waals surface area contributed by atoms with Crippen molar-refractivity contribution in [3.8, 4) is 5.75 Å². The molecule has 2 N–H and O–H groups in total. The van der Waals surface area contributed by atoms with Crippen LogP contribution in [0.5, 0.6) is 5.75 Å². The fourth-order valence-corrected chi connectivity index (χ4v) is 2.93. The number of aliphatic hydroxyl groups excluding tert-OH is 1. The van der Waals surface area contributed by atoms with E-state index in [0.29, 0.717) is 18.1 Å². The molecule has 2 atom stereocenters. The van der Waals surface area contributed by atoms with Gasteiger partial charge in [0, 0.05) is 18.0 Å². The van der Waals surface area contributed by atoms with E-state index >= 15 is 0 Å². The average molecular weight is 383 g/mol. The summed E-state index contributed by atoms with van der Waals surface area (Å²) in [6, 6.07) is 17.3. The van der Waals surface area contributed by atoms with Crippen molar-refractivity contribution in [1.29, 1.82) is 0 Å². The van der Waals surface area contributed by atoms with Crippen molar-refractivity contribution in [3.05, 3.63) is 65.9 Å². The Labute approximate surface area is 164 Å². The summed E-state index contributed by atoms with van der Waals surface area (Å²) in [5, 5.41) is 14.7. The highest BCUT2D eigenvalue weighted by molar-refractivity contribution is 5.77. The number of rotatable bonds is 9. The fraction of sp³-hybridized carbons (Fsp3) is 0.318. The van der Waals surface area contributed by atoms with Gasteiger partial charge in [-0.1, -0.05) is 30.3 Å². The summed E-state index contributed by atoms with van der Waals surface area (Å²) in [5.74, 6) is 0.771. The molecule has 2 aromatic carbocycles. The molecular formula is C22H25NO5. The van der Waals surface area contributed by atoms with Crippen LogP contribution in [0.4, 0.5) is 0 Å². The molecule has 0 aliphatic carbocycles. The Morgan fingerprint density at radius 1 is 1.18 bits per heavy atom. The Morgan fingerprint density at radius 2 is 1.93 bits per heavy atom. The predicted molar refractivity (Wildman–Crippen MR) is 106 cm³/mol. The molecule has 0 radical (unpaired) electrons. The van der Waals surface area contributed by atoms with Crippen LogP contribution in [0.2, 0.25) is 0 Å². The highest BCUT2D eigenvalue weighted by atomic mass is 16.6. The highest BCUT2D eigenvalue weighted by Crippen LogP contribution is 2.23. The maximum absolute atomic E-state index is 11.1. The maximum Gasteiger partial charge on any atom is 0.343 e. The van der Waals surface area contributed by atoms with Gasteiger partial charge in [-0.15, -0.1) is 0 Å². The number of benzene rings is 2. The van der Waals surface area contributed by atoms with Crippen LogP contribution in [0, 0.1) is 0 Å². The molecule has 6 heteroatoms. The van der Waals surface area contributed by atoms with Crippen molar-refractivity contribution >= 4 is 16.9 Å². The number of methoxy groups -OCH3 is 1. The Hall–Kier alpha value is -2.83. The lowest BCUT2D eigenvalue weighted by Gasteiger charge is -2.16. The van der Waals surface area contributed by atoms with Gasteiger partial charge in [-0.2, -0.15) is 0 Å². The standard InChI is InChI=1S/C22H25NO5/c1-15(11-16-7-9-18(10-8-16)27-14-22(25)26-2)23-13-19(24)21-12-17-5-3-4-6-20(17)28-21/h3-10,12,15,19,23-24H,11,13-14H2,1-2H3. The molecule has 3 aromatic rings. The molecule has 0 amide bonds. The summed E-state index contributed by atoms with van der Waals surface area (Å²) in [6.45, 7) is 2.36. The molecule has 2 unspecified atom stereocenters. The smallest absolute Gasteiger partial charge is 0.343 e. The molecule has 28 heavy (non-hydrogen) atoms. The number of para-hydroxylation sites is 1. The van der Waals surface area contributed by atoms with Crippen molar-refractivity contribution in [2.24, 2.45) is 0 Å². The molecule has 1 aromatic heterocycles. The van der Waals surface area contributed by atoms with Crippen LogP contribution in [-0.2, 0) is 16.0 Å². The van der Waals surface area contributed by atoms with Gasteiger partial charge in [0.25, 0.3) is 0 Å². The van der Waals surface area contributed by atoms with E-state index in [9.17, 15) is 9.90 Å². The topological polar surface area (TPSA) is 80.9 Å². The van der Waals surface area contributed by atoms with Gasteiger partial charge in [-0.3, -0.25) is 0 Å². The van der Waals surface area contributed by atoms with Gasteiger partial charge in [0.2, 0.25) is 0 Å². The number of carbonyl (C=O) groups excluding carboxylic acids is 1. The number of hydrogen-bond donors (Lipinski definition) is 2. The van der Waals surface area contributed by atoms with E-state index in [1.807, 2.05) is 54.6 Å². The van der Waals surface area contributed by atoms with E-state index < -0.39 is 12.1 Å². The second-order valence-corrected chi connectivity index (χ2v) is 6.72. The Balaban J connectivity index is 1.47. The quantitative estimate of drug-likeness (QED) is 0.552. The molecule has 0 bridgehead atoms. The summed E-state index contributed by atoms with van der Waals surface area (Å²) in [6.07, 6.45) is 0.0911. The molecule has 0 aliphatic heterocycles. The first kappa shape index (κ1) is 19.9. The number of fused-ring (bicyclic) bond motifs is 1. The minimum absolute atomic E-state index is 0.104. The Morgan fingerprint density at radius 3 is 2.64 bits per heavy atom. The van der Waals surface area contributed by atoms with Crippen LogP contribution in [-0.4, -0.2) is 37.4 Å². The fourth-order valence-electron chi connectivity index (χ4n) is 2.93. The van der Waals surface area contributed by atoms with E-state index in [-0.39, 0.29) is 12.6 Å². The zero-order valence-corrected chi connectivity index (χ0v) is 16.1. The lowest BCUT2D eigenvalue weighted by molar-refractivity contribution is -0.142. The first-order chi connectivity index (χ1) is 13.5. The number of ether oxygens (including phenoxy) is 2. The third-order valence-electron chi connectivity index (χ3n) is 4.48. The van der Waals surface area contributed by atoms with E-state index in [2.05, 4.69) is 17.0 Å². The molecule has 0 saturated carbocycles. The molecule has 0 spiro atoms. The third kappa shape index (κ3) is 5.34. The van der Waals surface area contributed by atoms with Crippen molar-refractivity contribution in [2.75, 3.05) is 20.3 Å². The van der Waals surface area contributed by atoms with Gasteiger partial charge in [0.15, 0.2) is 6.61 Å². The molecular weight excluding hydrogens is 358 g/mol. The van der Waals surface area contributed by atoms with Crippen LogP contribution in [0.3, 0.4) is 0 Å². The molecule has 0 fully saturated rings. The molecule has 0 aliphatic rings. The number of esters is 1. The molecule has 3 rings (SSSR count). The Kier molecular flexibility index (Phi) is 6.68. The van der Waals surface area contributed by atoms with Crippen LogP contribution in [0.1, 0.15) is 24.4 Å². The molecule has 6 nitrogen and oxygen atoms in total. The Bertz CT molecular complexity index is 870. The summed E-state index contributed by atoms with van der Waals surface area (Å²) >= 11 is 0. The summed E-state index contributed by atoms with van der Waals surface area (Å²) in [5.41, 5.74) is 1.91. The summed E-state index contributed by atoms with van der Waals surface area (Å²) in [4.78, 5) is 11.1. The van der Waals surface area contributed by atoms with Crippen molar-refractivity contribution < 1.29 is 23.8 Å². The lowest BCUT2D eigenvalue weighted by Crippen LogP contribution is -2.31. The van der Waals surface area contributed by atoms with Gasteiger partial charge in [-0.25, -0.2) is 4.79 Å². The largest absolute Gasteiger partial charge is 0.482 e. The number of carbonyl (C=O) groups is 1. The van der Waals surface area contributed by atoms with E-state index in [0.717, 1.165) is 23.0 Å². The number of nitrogens with one attached hydrogen (secondary N) is 1. The highest BCUT2D eigenvalue weighted by Gasteiger charge is 2.14. The first-order valence-corrected chi connectivity index (χ1v) is 9.23. The lowest BCUT2D eigenvalue weighted by atomic mass is 10.1. The van der Waals surface area contributed by atoms with E-state index in [1.54, 1.807) is 0 Å². The summed E-state index contributed by atoms with van der Waals surface area (Å²) in [7, 11) is 1.33. The monoisotopic (exact) mass is 383 g/mol. The molecule has 0 saturated heterocycles. The minimum Gasteiger partial charge on any atom is -0.482 e. The number of hydrogen-bond acceptors (Lipinski definition) is 6. The second-order valence-electron chi connectivity index (χ2n) is 6.72. The van der Waals surface area contributed by atoms with Crippen molar-refractivity contribution in [2.45, 2.75) is 25.5 Å². The second kappa shape index (κ2) is 9.39. The van der Waals surface area contributed by atoms with E-state index in [4.69, 9.17) is 9.15 Å². The first-order valence-electron chi connectivity index (χ1n) is 9.23. The van der Waals surface area contributed by atoms with Crippen LogP contribution in [0.15, 0.2) is 59.0 Å². The van der Waals surface area contributed by atoms with Gasteiger partial charge in [-0.05, 0) is 43.2 Å². The van der Waals surface area contributed by atoms with Crippen LogP contribution in [0.25, 0.3) is 11.0 Å². The predicted octanol–water partition coefficient (Wildman–Crippen LogP) is 3.24. The normalized spacial score (nSPS) is 13.2. The zero-order chi connectivity index (χ0) is 19.9.